The van der Waals surface area contributed by atoms with Gasteiger partial charge in [0, 0.05) is 25.0 Å². The number of nitrogens with two attached hydrogens (primary N) is 1. The first kappa shape index (κ1) is 18.4. The van der Waals surface area contributed by atoms with E-state index in [1.54, 1.807) is 0 Å². The average molecular weight is 306 g/mol. The van der Waals surface area contributed by atoms with Crippen molar-refractivity contribution in [3.63, 3.8) is 0 Å². The summed E-state index contributed by atoms with van der Waals surface area (Å²) in [6.07, 6.45) is -1.25. The molecule has 0 aliphatic rings. The van der Waals surface area contributed by atoms with Crippen LogP contribution in [0.3, 0.4) is 0 Å². The highest BCUT2D eigenvalue weighted by Gasteiger charge is 2.20. The van der Waals surface area contributed by atoms with Crippen molar-refractivity contribution in [1.82, 2.24) is 5.32 Å². The second-order valence-electron chi connectivity index (χ2n) is 3.97. The Morgan fingerprint density at radius 3 is 2.45 bits per heavy atom. The molecule has 0 heterocycles. The summed E-state index contributed by atoms with van der Waals surface area (Å²) in [4.78, 5) is 43.5. The number of carbonyl (C=O) groups is 4. The average Bonchev–Trinajstić information content (AvgIpc) is 2.40. The van der Waals surface area contributed by atoms with Gasteiger partial charge in [-0.2, -0.15) is 12.6 Å². The summed E-state index contributed by atoms with van der Waals surface area (Å²) in [5.41, 5.74) is 5.36. The predicted octanol–water partition coefficient (Wildman–Crippen LogP) is -0.927. The van der Waals surface area contributed by atoms with Gasteiger partial charge in [0.05, 0.1) is 12.5 Å². The first-order valence-corrected chi connectivity index (χ1v) is 6.53. The molecule has 4 N–H and O–H groups in total. The summed E-state index contributed by atoms with van der Waals surface area (Å²) in [7, 11) is 0. The van der Waals surface area contributed by atoms with E-state index in [0.717, 1.165) is 0 Å². The number of aliphatic carboxylic acids is 1. The molecule has 0 saturated carbocycles. The minimum Gasteiger partial charge on any atom is -0.481 e. The molecule has 0 aromatic rings. The molecule has 1 amide bonds. The van der Waals surface area contributed by atoms with E-state index in [1.165, 1.54) is 0 Å². The molecule has 0 fully saturated rings. The van der Waals surface area contributed by atoms with E-state index >= 15 is 0 Å². The SMILES string of the molecule is NC(CCC(=O)NC(CS)C(=O)CCC(=O)O)OC=O. The third-order valence-electron chi connectivity index (χ3n) is 2.38. The molecule has 0 aromatic carbocycles. The molecule has 0 aromatic heterocycles. The number of rotatable bonds is 11. The maximum Gasteiger partial charge on any atom is 0.303 e. The second-order valence-corrected chi connectivity index (χ2v) is 4.34. The number of amides is 1. The van der Waals surface area contributed by atoms with E-state index < -0.39 is 29.9 Å². The Morgan fingerprint density at radius 1 is 1.30 bits per heavy atom. The van der Waals surface area contributed by atoms with Gasteiger partial charge in [0.15, 0.2) is 12.0 Å². The number of ether oxygens (including phenoxy) is 1. The van der Waals surface area contributed by atoms with Gasteiger partial charge in [-0.05, 0) is 0 Å². The van der Waals surface area contributed by atoms with Crippen LogP contribution in [0.2, 0.25) is 0 Å². The van der Waals surface area contributed by atoms with E-state index in [4.69, 9.17) is 10.8 Å². The molecule has 0 aliphatic carbocycles. The Balaban J connectivity index is 4.14. The topological polar surface area (TPSA) is 136 Å². The van der Waals surface area contributed by atoms with Gasteiger partial charge in [0.1, 0.15) is 0 Å². The van der Waals surface area contributed by atoms with Crippen LogP contribution in [-0.2, 0) is 23.9 Å². The Hall–Kier alpha value is -1.61. The van der Waals surface area contributed by atoms with Crippen molar-refractivity contribution in [2.75, 3.05) is 5.75 Å². The molecular formula is C11H18N2O6S. The van der Waals surface area contributed by atoms with E-state index in [0.29, 0.717) is 0 Å². The van der Waals surface area contributed by atoms with Crippen molar-refractivity contribution in [3.8, 4) is 0 Å². The van der Waals surface area contributed by atoms with Crippen LogP contribution in [0.15, 0.2) is 0 Å². The summed E-state index contributed by atoms with van der Waals surface area (Å²) >= 11 is 3.94. The van der Waals surface area contributed by atoms with Gasteiger partial charge in [0.2, 0.25) is 5.91 Å². The maximum absolute atomic E-state index is 11.6. The van der Waals surface area contributed by atoms with Gasteiger partial charge in [-0.1, -0.05) is 0 Å². The van der Waals surface area contributed by atoms with Crippen LogP contribution < -0.4 is 11.1 Å². The highest BCUT2D eigenvalue weighted by Crippen LogP contribution is 2.01. The van der Waals surface area contributed by atoms with E-state index in [9.17, 15) is 19.2 Å². The van der Waals surface area contributed by atoms with E-state index in [-0.39, 0.29) is 37.9 Å². The number of carboxylic acids is 1. The standard InChI is InChI=1S/C11H18N2O6S/c12-9(19-6-14)2-3-10(16)13-7(5-20)8(15)1-4-11(17)18/h6-7,9,20H,1-5,12H2,(H,13,16)(H,17,18). The van der Waals surface area contributed by atoms with Crippen molar-refractivity contribution in [3.05, 3.63) is 0 Å². The number of carboxylic acid groups (broad SMARTS) is 1. The van der Waals surface area contributed by atoms with Crippen molar-refractivity contribution in [2.45, 2.75) is 38.0 Å². The zero-order chi connectivity index (χ0) is 15.5. The molecule has 114 valence electrons. The first-order chi connectivity index (χ1) is 9.40. The molecule has 20 heavy (non-hydrogen) atoms. The smallest absolute Gasteiger partial charge is 0.303 e. The lowest BCUT2D eigenvalue weighted by Gasteiger charge is -2.16. The fraction of sp³-hybridized carbons (Fsp3) is 0.636. The Bertz CT molecular complexity index is 363. The lowest BCUT2D eigenvalue weighted by atomic mass is 10.1. The van der Waals surface area contributed by atoms with Crippen molar-refractivity contribution < 1.29 is 29.0 Å². The van der Waals surface area contributed by atoms with Crippen LogP contribution in [0.25, 0.3) is 0 Å². The van der Waals surface area contributed by atoms with Crippen LogP contribution in [0.1, 0.15) is 25.7 Å². The summed E-state index contributed by atoms with van der Waals surface area (Å²) in [6, 6.07) is -0.839. The monoisotopic (exact) mass is 306 g/mol. The van der Waals surface area contributed by atoms with E-state index in [1.807, 2.05) is 0 Å². The van der Waals surface area contributed by atoms with Crippen molar-refractivity contribution >= 4 is 36.8 Å². The summed E-state index contributed by atoms with van der Waals surface area (Å²) in [6.45, 7) is 0.189. The molecule has 0 saturated heterocycles. The number of carbonyl (C=O) groups excluding carboxylic acids is 3. The van der Waals surface area contributed by atoms with Crippen molar-refractivity contribution in [1.29, 1.82) is 0 Å². The van der Waals surface area contributed by atoms with Gasteiger partial charge in [-0.15, -0.1) is 0 Å². The second kappa shape index (κ2) is 10.2. The summed E-state index contributed by atoms with van der Waals surface area (Å²) in [5, 5.41) is 10.9. The molecule has 0 aliphatic heterocycles. The fourth-order valence-electron chi connectivity index (χ4n) is 1.31. The van der Waals surface area contributed by atoms with Crippen LogP contribution in [0.5, 0.6) is 0 Å². The molecule has 0 spiro atoms. The minimum atomic E-state index is -1.08. The van der Waals surface area contributed by atoms with Gasteiger partial charge in [0.25, 0.3) is 6.47 Å². The molecule has 2 atom stereocenters. The van der Waals surface area contributed by atoms with Gasteiger partial charge >= 0.3 is 5.97 Å². The third-order valence-corrected chi connectivity index (χ3v) is 2.74. The third kappa shape index (κ3) is 8.48. The molecule has 8 nitrogen and oxygen atoms in total. The summed E-state index contributed by atoms with van der Waals surface area (Å²) in [5.74, 6) is -1.86. The largest absolute Gasteiger partial charge is 0.481 e. The van der Waals surface area contributed by atoms with Crippen molar-refractivity contribution in [2.24, 2.45) is 5.73 Å². The Kier molecular flexibility index (Phi) is 9.39. The van der Waals surface area contributed by atoms with Gasteiger partial charge < -0.3 is 15.2 Å². The normalized spacial score (nSPS) is 13.1. The number of Topliss-reactive ketones (excluding diaryl/α,β-unsaturated/α-hetero) is 1. The number of hydrogen-bond donors (Lipinski definition) is 4. The van der Waals surface area contributed by atoms with Crippen LogP contribution >= 0.6 is 12.6 Å². The lowest BCUT2D eigenvalue weighted by molar-refractivity contribution is -0.139. The highest BCUT2D eigenvalue weighted by atomic mass is 32.1. The molecule has 2 unspecified atom stereocenters. The zero-order valence-electron chi connectivity index (χ0n) is 10.8. The molecule has 0 rings (SSSR count). The van der Waals surface area contributed by atoms with E-state index in [2.05, 4.69) is 22.7 Å². The number of ketones is 1. The minimum absolute atomic E-state index is 0.0223. The Morgan fingerprint density at radius 2 is 1.95 bits per heavy atom. The predicted molar refractivity (Wildman–Crippen MR) is 72.0 cm³/mol. The fourth-order valence-corrected chi connectivity index (χ4v) is 1.61. The van der Waals surface area contributed by atoms with Crippen LogP contribution in [-0.4, -0.2) is 47.3 Å². The van der Waals surface area contributed by atoms with Crippen LogP contribution in [0.4, 0.5) is 0 Å². The molecule has 0 radical (unpaired) electrons. The van der Waals surface area contributed by atoms with Gasteiger partial charge in [-0.3, -0.25) is 24.9 Å². The molecule has 9 heteroatoms. The molecule has 0 bridgehead atoms. The zero-order valence-corrected chi connectivity index (χ0v) is 11.7. The Labute approximate surface area is 121 Å². The summed E-state index contributed by atoms with van der Waals surface area (Å²) < 4.78 is 4.41. The quantitative estimate of drug-likeness (QED) is 0.220. The number of hydrogen-bond acceptors (Lipinski definition) is 7. The number of thiol groups is 1. The molecular weight excluding hydrogens is 288 g/mol. The first-order valence-electron chi connectivity index (χ1n) is 5.90. The lowest BCUT2D eigenvalue weighted by Crippen LogP contribution is -2.42. The highest BCUT2D eigenvalue weighted by molar-refractivity contribution is 7.80. The number of nitrogens with one attached hydrogen (secondary N) is 1. The van der Waals surface area contributed by atoms with Crippen LogP contribution in [0, 0.1) is 0 Å². The van der Waals surface area contributed by atoms with Gasteiger partial charge in [-0.25, -0.2) is 0 Å². The maximum atomic E-state index is 11.6.